The molecule has 0 aliphatic heterocycles. The smallest absolute Gasteiger partial charge is 0.125 e. The summed E-state index contributed by atoms with van der Waals surface area (Å²) in [6, 6.07) is 0.385. The van der Waals surface area contributed by atoms with Crippen molar-refractivity contribution in [2.24, 2.45) is 5.92 Å². The van der Waals surface area contributed by atoms with E-state index in [-0.39, 0.29) is 5.60 Å². The number of rotatable bonds is 7. The minimum absolute atomic E-state index is 0.125. The first-order chi connectivity index (χ1) is 10.1. The maximum Gasteiger partial charge on any atom is 0.125 e. The zero-order chi connectivity index (χ0) is 15.3. The van der Waals surface area contributed by atoms with Crippen molar-refractivity contribution in [3.05, 3.63) is 16.1 Å². The van der Waals surface area contributed by atoms with Crippen LogP contribution in [0, 0.1) is 5.92 Å². The molecule has 0 saturated heterocycles. The van der Waals surface area contributed by atoms with Crippen LogP contribution in [0.25, 0.3) is 0 Å². The first kappa shape index (κ1) is 16.9. The normalized spacial score (nSPS) is 27.7. The van der Waals surface area contributed by atoms with Gasteiger partial charge >= 0.3 is 0 Å². The van der Waals surface area contributed by atoms with Gasteiger partial charge in [-0.25, -0.2) is 4.98 Å². The zero-order valence-corrected chi connectivity index (χ0v) is 14.8. The van der Waals surface area contributed by atoms with Crippen molar-refractivity contribution in [2.45, 2.75) is 71.4 Å². The van der Waals surface area contributed by atoms with Crippen LogP contribution >= 0.6 is 11.3 Å². The molecule has 1 saturated carbocycles. The van der Waals surface area contributed by atoms with E-state index in [9.17, 15) is 0 Å². The van der Waals surface area contributed by atoms with Crippen molar-refractivity contribution in [3.8, 4) is 0 Å². The lowest BCUT2D eigenvalue weighted by Crippen LogP contribution is -2.35. The van der Waals surface area contributed by atoms with Gasteiger partial charge in [-0.05, 0) is 52.0 Å². The highest BCUT2D eigenvalue weighted by Gasteiger charge is 2.40. The second-order valence-corrected chi connectivity index (χ2v) is 7.43. The highest BCUT2D eigenvalue weighted by molar-refractivity contribution is 7.11. The first-order valence-electron chi connectivity index (χ1n) is 8.44. The Labute approximate surface area is 133 Å². The summed E-state index contributed by atoms with van der Waals surface area (Å²) >= 11 is 1.84. The van der Waals surface area contributed by atoms with Crippen LogP contribution < -0.4 is 5.32 Å². The van der Waals surface area contributed by atoms with Crippen LogP contribution in [0.3, 0.4) is 0 Å². The standard InChI is InChI=1S/C17H30N2OS/c1-5-10-18-14(4)15-12-19-16(21-15)17(20-6-2)9-7-8-13(3)11-17/h12-14,18H,5-11H2,1-4H3. The van der Waals surface area contributed by atoms with Gasteiger partial charge in [-0.15, -0.1) is 11.3 Å². The summed E-state index contributed by atoms with van der Waals surface area (Å²) in [7, 11) is 0. The average molecular weight is 311 g/mol. The van der Waals surface area contributed by atoms with Gasteiger partial charge in [0.1, 0.15) is 10.6 Å². The lowest BCUT2D eigenvalue weighted by Gasteiger charge is -2.38. The molecule has 3 nitrogen and oxygen atoms in total. The summed E-state index contributed by atoms with van der Waals surface area (Å²) in [5.74, 6) is 0.730. The van der Waals surface area contributed by atoms with Crippen molar-refractivity contribution in [3.63, 3.8) is 0 Å². The van der Waals surface area contributed by atoms with Gasteiger partial charge < -0.3 is 10.1 Å². The molecule has 1 aromatic heterocycles. The second kappa shape index (κ2) is 7.70. The molecule has 0 radical (unpaired) electrons. The van der Waals surface area contributed by atoms with Crippen LogP contribution in [-0.2, 0) is 10.3 Å². The predicted octanol–water partition coefficient (Wildman–Crippen LogP) is 4.65. The molecule has 0 spiro atoms. The van der Waals surface area contributed by atoms with E-state index < -0.39 is 0 Å². The van der Waals surface area contributed by atoms with Crippen LogP contribution in [0.5, 0.6) is 0 Å². The molecule has 120 valence electrons. The molecule has 0 amide bonds. The van der Waals surface area contributed by atoms with E-state index in [1.807, 2.05) is 17.5 Å². The van der Waals surface area contributed by atoms with Gasteiger partial charge in [-0.3, -0.25) is 0 Å². The van der Waals surface area contributed by atoms with Gasteiger partial charge in [-0.2, -0.15) is 0 Å². The molecule has 4 heteroatoms. The molecule has 2 rings (SSSR count). The van der Waals surface area contributed by atoms with Crippen molar-refractivity contribution < 1.29 is 4.74 Å². The molecular formula is C17H30N2OS. The molecule has 1 aliphatic rings. The number of thiazole rings is 1. The fourth-order valence-corrected chi connectivity index (χ4v) is 4.45. The van der Waals surface area contributed by atoms with Gasteiger partial charge in [-0.1, -0.05) is 20.3 Å². The monoisotopic (exact) mass is 310 g/mol. The summed E-state index contributed by atoms with van der Waals surface area (Å²) in [6.07, 6.45) is 8.02. The molecule has 0 aromatic carbocycles. The molecule has 3 unspecified atom stereocenters. The SMILES string of the molecule is CCCNC(C)c1cnc(C2(OCC)CCCC(C)C2)s1. The van der Waals surface area contributed by atoms with E-state index in [0.717, 1.165) is 38.3 Å². The molecule has 1 aliphatic carbocycles. The Bertz CT molecular complexity index is 430. The molecular weight excluding hydrogens is 280 g/mol. The average Bonchev–Trinajstić information content (AvgIpc) is 2.95. The molecule has 0 bridgehead atoms. The summed E-state index contributed by atoms with van der Waals surface area (Å²) in [5, 5.41) is 4.74. The molecule has 3 atom stereocenters. The Morgan fingerprint density at radius 2 is 2.33 bits per heavy atom. The van der Waals surface area contributed by atoms with E-state index in [1.165, 1.54) is 22.7 Å². The van der Waals surface area contributed by atoms with Gasteiger partial charge in [0.15, 0.2) is 0 Å². The third-order valence-corrected chi connectivity index (χ3v) is 5.78. The fourth-order valence-electron chi connectivity index (χ4n) is 3.33. The number of hydrogen-bond acceptors (Lipinski definition) is 4. The number of nitrogens with zero attached hydrogens (tertiary/aromatic N) is 1. The van der Waals surface area contributed by atoms with Crippen molar-refractivity contribution in [1.29, 1.82) is 0 Å². The fraction of sp³-hybridized carbons (Fsp3) is 0.824. The van der Waals surface area contributed by atoms with E-state index in [0.29, 0.717) is 6.04 Å². The highest BCUT2D eigenvalue weighted by atomic mass is 32.1. The first-order valence-corrected chi connectivity index (χ1v) is 9.26. The minimum atomic E-state index is -0.125. The maximum atomic E-state index is 6.23. The van der Waals surface area contributed by atoms with Crippen LogP contribution in [0.1, 0.15) is 75.7 Å². The predicted molar refractivity (Wildman–Crippen MR) is 89.8 cm³/mol. The maximum absolute atomic E-state index is 6.23. The molecule has 1 fully saturated rings. The van der Waals surface area contributed by atoms with Crippen molar-refractivity contribution in [2.75, 3.05) is 13.2 Å². The number of ether oxygens (including phenoxy) is 1. The quantitative estimate of drug-likeness (QED) is 0.796. The molecule has 1 N–H and O–H groups in total. The summed E-state index contributed by atoms with van der Waals surface area (Å²) in [5.41, 5.74) is -0.125. The van der Waals surface area contributed by atoms with E-state index in [4.69, 9.17) is 9.72 Å². The number of nitrogens with one attached hydrogen (secondary N) is 1. The van der Waals surface area contributed by atoms with E-state index >= 15 is 0 Å². The Morgan fingerprint density at radius 3 is 3.00 bits per heavy atom. The van der Waals surface area contributed by atoms with E-state index in [2.05, 4.69) is 33.0 Å². The minimum Gasteiger partial charge on any atom is -0.368 e. The number of aromatic nitrogens is 1. The van der Waals surface area contributed by atoms with Crippen LogP contribution in [0.4, 0.5) is 0 Å². The third-order valence-electron chi connectivity index (χ3n) is 4.42. The molecule has 21 heavy (non-hydrogen) atoms. The van der Waals surface area contributed by atoms with Crippen LogP contribution in [0.15, 0.2) is 6.20 Å². The largest absolute Gasteiger partial charge is 0.368 e. The second-order valence-electron chi connectivity index (χ2n) is 6.37. The number of hydrogen-bond donors (Lipinski definition) is 1. The Kier molecular flexibility index (Phi) is 6.20. The van der Waals surface area contributed by atoms with E-state index in [1.54, 1.807) is 0 Å². The van der Waals surface area contributed by atoms with Crippen molar-refractivity contribution in [1.82, 2.24) is 10.3 Å². The molecule has 1 aromatic rings. The lowest BCUT2D eigenvalue weighted by molar-refractivity contribution is -0.0820. The topological polar surface area (TPSA) is 34.2 Å². The summed E-state index contributed by atoms with van der Waals surface area (Å²) < 4.78 is 6.23. The summed E-state index contributed by atoms with van der Waals surface area (Å²) in [6.45, 7) is 10.7. The molecule has 1 heterocycles. The van der Waals surface area contributed by atoms with Gasteiger partial charge in [0.2, 0.25) is 0 Å². The third kappa shape index (κ3) is 4.05. The van der Waals surface area contributed by atoms with Crippen molar-refractivity contribution >= 4 is 11.3 Å². The van der Waals surface area contributed by atoms with Crippen LogP contribution in [-0.4, -0.2) is 18.1 Å². The highest BCUT2D eigenvalue weighted by Crippen LogP contribution is 2.44. The van der Waals surface area contributed by atoms with Gasteiger partial charge in [0, 0.05) is 23.7 Å². The zero-order valence-electron chi connectivity index (χ0n) is 13.9. The Balaban J connectivity index is 2.16. The lowest BCUT2D eigenvalue weighted by atomic mass is 9.79. The van der Waals surface area contributed by atoms with Crippen LogP contribution in [0.2, 0.25) is 0 Å². The van der Waals surface area contributed by atoms with Gasteiger partial charge in [0.25, 0.3) is 0 Å². The summed E-state index contributed by atoms with van der Waals surface area (Å²) in [4.78, 5) is 6.08. The van der Waals surface area contributed by atoms with Gasteiger partial charge in [0.05, 0.1) is 0 Å². The Morgan fingerprint density at radius 1 is 1.52 bits per heavy atom. The Hall–Kier alpha value is -0.450.